The zero-order valence-electron chi connectivity index (χ0n) is 28.4. The summed E-state index contributed by atoms with van der Waals surface area (Å²) in [5.41, 5.74) is 6.14. The van der Waals surface area contributed by atoms with Crippen LogP contribution in [-0.4, -0.2) is 63.7 Å². The van der Waals surface area contributed by atoms with E-state index in [-0.39, 0.29) is 23.5 Å². The Hall–Kier alpha value is -3.88. The number of methoxy groups -OCH3 is 1. The van der Waals surface area contributed by atoms with Crippen LogP contribution in [0.1, 0.15) is 55.5 Å². The SMILES string of the molecule is COC(O)COc1ccc(C(C)(C)c2ccc(OCC3CO3)cc2)cc1.Cc1ccc(C(C)(C)c2ccc(OCC3CO3)cc2)cc1. The summed E-state index contributed by atoms with van der Waals surface area (Å²) >= 11 is 0. The third kappa shape index (κ3) is 9.81. The van der Waals surface area contributed by atoms with Gasteiger partial charge in [-0.1, -0.05) is 93.9 Å². The number of hydrogen-bond donors (Lipinski definition) is 1. The Morgan fingerprint density at radius 3 is 1.23 bits per heavy atom. The second kappa shape index (κ2) is 15.3. The monoisotopic (exact) mass is 640 g/mol. The van der Waals surface area contributed by atoms with Crippen molar-refractivity contribution in [1.82, 2.24) is 0 Å². The fourth-order valence-corrected chi connectivity index (χ4v) is 5.15. The quantitative estimate of drug-likeness (QED) is 0.115. The highest BCUT2D eigenvalue weighted by molar-refractivity contribution is 5.42. The number of aliphatic hydroxyl groups is 1. The van der Waals surface area contributed by atoms with Gasteiger partial charge in [-0.3, -0.25) is 0 Å². The number of rotatable bonds is 14. The van der Waals surface area contributed by atoms with Crippen LogP contribution in [0.15, 0.2) is 97.1 Å². The highest BCUT2D eigenvalue weighted by Crippen LogP contribution is 2.34. The molecule has 2 heterocycles. The number of benzene rings is 4. The first-order chi connectivity index (χ1) is 22.5. The van der Waals surface area contributed by atoms with E-state index in [4.69, 9.17) is 28.4 Å². The maximum Gasteiger partial charge on any atom is 0.188 e. The molecular weight excluding hydrogens is 592 g/mol. The molecule has 6 rings (SSSR count). The van der Waals surface area contributed by atoms with Crippen LogP contribution in [0.3, 0.4) is 0 Å². The number of hydrogen-bond acceptors (Lipinski definition) is 7. The third-order valence-corrected chi connectivity index (χ3v) is 8.84. The second-order valence-corrected chi connectivity index (χ2v) is 13.2. The first-order valence-corrected chi connectivity index (χ1v) is 16.3. The van der Waals surface area contributed by atoms with Gasteiger partial charge in [0.2, 0.25) is 0 Å². The topological polar surface area (TPSA) is 82.2 Å². The Morgan fingerprint density at radius 1 is 0.596 bits per heavy atom. The van der Waals surface area contributed by atoms with E-state index in [0.29, 0.717) is 25.1 Å². The van der Waals surface area contributed by atoms with Crippen LogP contribution in [0.5, 0.6) is 17.2 Å². The molecule has 1 N–H and O–H groups in total. The number of ether oxygens (including phenoxy) is 6. The minimum absolute atomic E-state index is 0.00810. The van der Waals surface area contributed by atoms with Gasteiger partial charge in [-0.25, -0.2) is 0 Å². The van der Waals surface area contributed by atoms with Gasteiger partial charge in [-0.2, -0.15) is 0 Å². The average Bonchev–Trinajstić information content (AvgIpc) is 4.03. The Bertz CT molecular complexity index is 1520. The van der Waals surface area contributed by atoms with Crippen molar-refractivity contribution in [3.05, 3.63) is 125 Å². The first kappa shape index (κ1) is 34.5. The van der Waals surface area contributed by atoms with E-state index < -0.39 is 6.29 Å². The molecular formula is C40H48O7. The molecule has 0 saturated carbocycles. The van der Waals surface area contributed by atoms with Gasteiger partial charge in [-0.05, 0) is 65.6 Å². The lowest BCUT2D eigenvalue weighted by Crippen LogP contribution is -2.20. The lowest BCUT2D eigenvalue weighted by Gasteiger charge is -2.26. The Kier molecular flexibility index (Phi) is 11.3. The van der Waals surface area contributed by atoms with E-state index in [1.54, 1.807) is 0 Å². The molecule has 7 heteroatoms. The van der Waals surface area contributed by atoms with E-state index in [0.717, 1.165) is 24.7 Å². The zero-order chi connectivity index (χ0) is 33.4. The van der Waals surface area contributed by atoms with E-state index >= 15 is 0 Å². The minimum atomic E-state index is -0.918. The summed E-state index contributed by atoms with van der Waals surface area (Å²) in [6.45, 7) is 14.0. The maximum absolute atomic E-state index is 9.38. The molecule has 3 atom stereocenters. The molecule has 2 saturated heterocycles. The van der Waals surface area contributed by atoms with Gasteiger partial charge in [0.25, 0.3) is 0 Å². The van der Waals surface area contributed by atoms with Gasteiger partial charge in [0.05, 0.1) is 13.2 Å². The zero-order valence-corrected chi connectivity index (χ0v) is 28.4. The fourth-order valence-electron chi connectivity index (χ4n) is 5.15. The first-order valence-electron chi connectivity index (χ1n) is 16.3. The summed E-state index contributed by atoms with van der Waals surface area (Å²) in [7, 11) is 1.44. The van der Waals surface area contributed by atoms with E-state index in [9.17, 15) is 5.11 Å². The molecule has 0 radical (unpaired) electrons. The summed E-state index contributed by atoms with van der Waals surface area (Å²) < 4.78 is 32.0. The van der Waals surface area contributed by atoms with E-state index in [2.05, 4.69) is 83.1 Å². The molecule has 0 bridgehead atoms. The number of aliphatic hydroxyl groups excluding tert-OH is 1. The van der Waals surface area contributed by atoms with Crippen LogP contribution in [0.2, 0.25) is 0 Å². The lowest BCUT2D eigenvalue weighted by molar-refractivity contribution is -0.0968. The molecule has 2 aliphatic rings. The van der Waals surface area contributed by atoms with Gasteiger partial charge in [0.1, 0.15) is 49.3 Å². The second-order valence-electron chi connectivity index (χ2n) is 13.2. The van der Waals surface area contributed by atoms with Gasteiger partial charge >= 0.3 is 0 Å². The van der Waals surface area contributed by atoms with Crippen molar-refractivity contribution in [3.63, 3.8) is 0 Å². The smallest absolute Gasteiger partial charge is 0.188 e. The molecule has 2 aliphatic heterocycles. The van der Waals surface area contributed by atoms with Crippen LogP contribution >= 0.6 is 0 Å². The Balaban J connectivity index is 0.000000189. The minimum Gasteiger partial charge on any atom is -0.491 e. The normalized spacial score (nSPS) is 17.6. The molecule has 4 aromatic rings. The highest BCUT2D eigenvalue weighted by Gasteiger charge is 2.26. The van der Waals surface area contributed by atoms with Crippen molar-refractivity contribution in [3.8, 4) is 17.2 Å². The maximum atomic E-state index is 9.38. The summed E-state index contributed by atoms with van der Waals surface area (Å²) in [5, 5.41) is 9.38. The van der Waals surface area contributed by atoms with Crippen molar-refractivity contribution in [2.24, 2.45) is 0 Å². The number of epoxide rings is 2. The Labute approximate surface area is 279 Å². The molecule has 7 nitrogen and oxygen atoms in total. The third-order valence-electron chi connectivity index (χ3n) is 8.84. The standard InChI is InChI=1S/C21H26O5.C19H22O2/c1-21(2,15-4-8-17(9-5-15)24-12-19-13-25-19)16-6-10-18(11-7-16)26-14-20(22)23-3;1-14-4-6-15(7-5-14)19(2,3)16-8-10-17(11-9-16)20-12-18-13-21-18/h4-11,19-20,22H,12-14H2,1-3H3;4-11,18H,12-13H2,1-3H3. The molecule has 0 spiro atoms. The summed E-state index contributed by atoms with van der Waals surface area (Å²) in [6, 6.07) is 33.3. The van der Waals surface area contributed by atoms with Crippen LogP contribution in [-0.2, 0) is 25.0 Å². The van der Waals surface area contributed by atoms with Crippen molar-refractivity contribution in [2.75, 3.05) is 40.1 Å². The summed E-state index contributed by atoms with van der Waals surface area (Å²) in [5.74, 6) is 2.47. The average molecular weight is 641 g/mol. The van der Waals surface area contributed by atoms with E-state index in [1.165, 1.54) is 34.9 Å². The van der Waals surface area contributed by atoms with Crippen LogP contribution in [0.4, 0.5) is 0 Å². The predicted octanol–water partition coefficient (Wildman–Crippen LogP) is 7.23. The molecule has 0 aliphatic carbocycles. The van der Waals surface area contributed by atoms with Crippen molar-refractivity contribution < 1.29 is 33.5 Å². The van der Waals surface area contributed by atoms with Crippen LogP contribution in [0, 0.1) is 6.92 Å². The van der Waals surface area contributed by atoms with Crippen LogP contribution < -0.4 is 14.2 Å². The van der Waals surface area contributed by atoms with E-state index in [1.807, 2.05) is 48.5 Å². The summed E-state index contributed by atoms with van der Waals surface area (Å²) in [4.78, 5) is 0. The van der Waals surface area contributed by atoms with Crippen molar-refractivity contribution >= 4 is 0 Å². The van der Waals surface area contributed by atoms with Gasteiger partial charge in [0.15, 0.2) is 6.29 Å². The molecule has 250 valence electrons. The van der Waals surface area contributed by atoms with Crippen molar-refractivity contribution in [2.45, 2.75) is 63.9 Å². The number of aryl methyl sites for hydroxylation is 1. The van der Waals surface area contributed by atoms with Gasteiger partial charge in [-0.15, -0.1) is 0 Å². The largest absolute Gasteiger partial charge is 0.491 e. The molecule has 47 heavy (non-hydrogen) atoms. The molecule has 4 aromatic carbocycles. The molecule has 0 aromatic heterocycles. The van der Waals surface area contributed by atoms with Crippen LogP contribution in [0.25, 0.3) is 0 Å². The lowest BCUT2D eigenvalue weighted by atomic mass is 9.78. The molecule has 2 fully saturated rings. The molecule has 0 amide bonds. The summed E-state index contributed by atoms with van der Waals surface area (Å²) in [6.07, 6.45) is -0.358. The van der Waals surface area contributed by atoms with Gasteiger partial charge in [0, 0.05) is 17.9 Å². The van der Waals surface area contributed by atoms with Crippen molar-refractivity contribution in [1.29, 1.82) is 0 Å². The predicted molar refractivity (Wildman–Crippen MR) is 184 cm³/mol. The van der Waals surface area contributed by atoms with Gasteiger partial charge < -0.3 is 33.5 Å². The highest BCUT2D eigenvalue weighted by atomic mass is 16.6. The molecule has 3 unspecified atom stereocenters. The Morgan fingerprint density at radius 2 is 0.915 bits per heavy atom. The fraction of sp³-hybridized carbons (Fsp3) is 0.400.